The Labute approximate surface area is 162 Å². The number of likely N-dealkylation sites (tertiary alicyclic amines) is 2. The molecule has 2 saturated heterocycles. The van der Waals surface area contributed by atoms with E-state index >= 15 is 0 Å². The van der Waals surface area contributed by atoms with Crippen molar-refractivity contribution < 1.29 is 4.79 Å². The van der Waals surface area contributed by atoms with Crippen molar-refractivity contribution in [2.75, 3.05) is 26.7 Å². The first kappa shape index (κ1) is 18.2. The van der Waals surface area contributed by atoms with Gasteiger partial charge in [0.05, 0.1) is 6.20 Å². The lowest BCUT2D eigenvalue weighted by Gasteiger charge is -2.43. The monoisotopic (exact) mass is 366 g/mol. The molecular weight excluding hydrogens is 336 g/mol. The molecule has 5 nitrogen and oxygen atoms in total. The van der Waals surface area contributed by atoms with Gasteiger partial charge in [-0.15, -0.1) is 0 Å². The largest absolute Gasteiger partial charge is 0.343 e. The number of aromatic nitrogens is 2. The first-order valence-electron chi connectivity index (χ1n) is 10.1. The maximum absolute atomic E-state index is 12.6. The molecule has 1 spiro atoms. The van der Waals surface area contributed by atoms with Crippen molar-refractivity contribution in [2.45, 2.75) is 43.6 Å². The summed E-state index contributed by atoms with van der Waals surface area (Å²) in [4.78, 5) is 17.3. The van der Waals surface area contributed by atoms with Crippen molar-refractivity contribution in [1.29, 1.82) is 0 Å². The molecule has 2 fully saturated rings. The average Bonchev–Trinajstić information content (AvgIpc) is 3.25. The third kappa shape index (κ3) is 3.79. The highest BCUT2D eigenvalue weighted by molar-refractivity contribution is 5.76. The fourth-order valence-corrected chi connectivity index (χ4v) is 4.92. The number of aryl methyl sites for hydroxylation is 2. The van der Waals surface area contributed by atoms with Crippen molar-refractivity contribution in [3.8, 4) is 0 Å². The molecule has 2 aromatic rings. The molecule has 0 bridgehead atoms. The third-order valence-electron chi connectivity index (χ3n) is 6.63. The SMILES string of the molecule is CN1CC(c2ccccc2)CC12CCN(C(=O)CCc1cnn(C)c1)CC2. The van der Waals surface area contributed by atoms with Crippen LogP contribution in [-0.2, 0) is 18.3 Å². The summed E-state index contributed by atoms with van der Waals surface area (Å²) in [5.41, 5.74) is 2.86. The van der Waals surface area contributed by atoms with E-state index in [0.29, 0.717) is 12.3 Å². The van der Waals surface area contributed by atoms with Gasteiger partial charge in [-0.1, -0.05) is 30.3 Å². The number of benzene rings is 1. The van der Waals surface area contributed by atoms with E-state index in [1.807, 2.05) is 19.4 Å². The summed E-state index contributed by atoms with van der Waals surface area (Å²) in [7, 11) is 4.18. The molecule has 0 N–H and O–H groups in total. The highest BCUT2D eigenvalue weighted by Crippen LogP contribution is 2.43. The van der Waals surface area contributed by atoms with Crippen molar-refractivity contribution in [1.82, 2.24) is 19.6 Å². The zero-order valence-electron chi connectivity index (χ0n) is 16.5. The number of carbonyl (C=O) groups excluding carboxylic acids is 1. The summed E-state index contributed by atoms with van der Waals surface area (Å²) in [5, 5.41) is 4.18. The van der Waals surface area contributed by atoms with E-state index in [4.69, 9.17) is 0 Å². The second kappa shape index (κ2) is 7.47. The first-order valence-corrected chi connectivity index (χ1v) is 10.1. The number of likely N-dealkylation sites (N-methyl/N-ethyl adjacent to an activating group) is 1. The van der Waals surface area contributed by atoms with E-state index in [1.54, 1.807) is 4.68 Å². The Balaban J connectivity index is 1.32. The van der Waals surface area contributed by atoms with Crippen LogP contribution in [0.5, 0.6) is 0 Å². The fourth-order valence-electron chi connectivity index (χ4n) is 4.92. The lowest BCUT2D eigenvalue weighted by atomic mass is 9.81. The Morgan fingerprint density at radius 2 is 1.93 bits per heavy atom. The van der Waals surface area contributed by atoms with Crippen LogP contribution in [0, 0.1) is 0 Å². The molecule has 0 saturated carbocycles. The summed E-state index contributed by atoms with van der Waals surface area (Å²) in [6.07, 6.45) is 8.61. The van der Waals surface area contributed by atoms with Gasteiger partial charge < -0.3 is 4.90 Å². The van der Waals surface area contributed by atoms with Crippen LogP contribution in [0.1, 0.15) is 42.7 Å². The highest BCUT2D eigenvalue weighted by Gasteiger charge is 2.46. The maximum atomic E-state index is 12.6. The number of hydrogen-bond acceptors (Lipinski definition) is 3. The molecule has 0 radical (unpaired) electrons. The molecule has 0 aliphatic carbocycles. The Morgan fingerprint density at radius 1 is 1.19 bits per heavy atom. The van der Waals surface area contributed by atoms with Crippen molar-refractivity contribution in [2.24, 2.45) is 7.05 Å². The molecule has 1 atom stereocenters. The van der Waals surface area contributed by atoms with Gasteiger partial charge in [0, 0.05) is 44.8 Å². The van der Waals surface area contributed by atoms with Crippen LogP contribution >= 0.6 is 0 Å². The average molecular weight is 367 g/mol. The normalized spacial score (nSPS) is 22.4. The standard InChI is InChI=1S/C22H30N4O/c1-24-17-20(19-6-4-3-5-7-19)14-22(24)10-12-26(13-11-22)21(27)9-8-18-15-23-25(2)16-18/h3-7,15-16,20H,8-14,17H2,1-2H3. The predicted octanol–water partition coefficient (Wildman–Crippen LogP) is 2.83. The summed E-state index contributed by atoms with van der Waals surface area (Å²) < 4.78 is 1.80. The molecule has 3 heterocycles. The second-order valence-electron chi connectivity index (χ2n) is 8.32. The molecule has 1 aromatic heterocycles. The van der Waals surface area contributed by atoms with Gasteiger partial charge in [0.25, 0.3) is 0 Å². The number of piperidine rings is 1. The van der Waals surface area contributed by atoms with Crippen molar-refractivity contribution in [3.63, 3.8) is 0 Å². The topological polar surface area (TPSA) is 41.4 Å². The van der Waals surface area contributed by atoms with Crippen LogP contribution < -0.4 is 0 Å². The van der Waals surface area contributed by atoms with E-state index in [1.165, 1.54) is 12.0 Å². The zero-order chi connectivity index (χ0) is 18.9. The maximum Gasteiger partial charge on any atom is 0.222 e. The highest BCUT2D eigenvalue weighted by atomic mass is 16.2. The first-order chi connectivity index (χ1) is 13.1. The minimum atomic E-state index is 0.265. The van der Waals surface area contributed by atoms with Crippen LogP contribution in [0.3, 0.4) is 0 Å². The number of hydrogen-bond donors (Lipinski definition) is 0. The summed E-state index contributed by atoms with van der Waals surface area (Å²) in [6, 6.07) is 10.9. The number of amides is 1. The van der Waals surface area contributed by atoms with Gasteiger partial charge in [0.15, 0.2) is 0 Å². The third-order valence-corrected chi connectivity index (χ3v) is 6.63. The molecule has 2 aliphatic rings. The molecule has 1 unspecified atom stereocenters. The summed E-state index contributed by atoms with van der Waals surface area (Å²) in [6.45, 7) is 2.90. The molecular formula is C22H30N4O. The van der Waals surface area contributed by atoms with E-state index in [9.17, 15) is 4.79 Å². The van der Waals surface area contributed by atoms with Crippen molar-refractivity contribution in [3.05, 3.63) is 53.9 Å². The molecule has 1 amide bonds. The fraction of sp³-hybridized carbons (Fsp3) is 0.545. The number of rotatable bonds is 4. The minimum absolute atomic E-state index is 0.265. The van der Waals surface area contributed by atoms with Gasteiger partial charge >= 0.3 is 0 Å². The van der Waals surface area contributed by atoms with E-state index in [2.05, 4.69) is 52.3 Å². The molecule has 4 rings (SSSR count). The Hall–Kier alpha value is -2.14. The van der Waals surface area contributed by atoms with E-state index < -0.39 is 0 Å². The zero-order valence-corrected chi connectivity index (χ0v) is 16.5. The van der Waals surface area contributed by atoms with Gasteiger partial charge in [-0.05, 0) is 49.8 Å². The second-order valence-corrected chi connectivity index (χ2v) is 8.32. The summed E-state index contributed by atoms with van der Waals surface area (Å²) >= 11 is 0. The molecule has 144 valence electrons. The van der Waals surface area contributed by atoms with Crippen LogP contribution in [0.2, 0.25) is 0 Å². The molecule has 2 aliphatic heterocycles. The van der Waals surface area contributed by atoms with Crippen molar-refractivity contribution >= 4 is 5.91 Å². The van der Waals surface area contributed by atoms with Gasteiger partial charge in [0.2, 0.25) is 5.91 Å². The molecule has 27 heavy (non-hydrogen) atoms. The van der Waals surface area contributed by atoms with Crippen LogP contribution in [0.25, 0.3) is 0 Å². The predicted molar refractivity (Wildman–Crippen MR) is 107 cm³/mol. The van der Waals surface area contributed by atoms with Crippen LogP contribution in [0.15, 0.2) is 42.7 Å². The molecule has 1 aromatic carbocycles. The lowest BCUT2D eigenvalue weighted by molar-refractivity contribution is -0.133. The van der Waals surface area contributed by atoms with Crippen LogP contribution in [-0.4, -0.2) is 57.7 Å². The molecule has 5 heteroatoms. The minimum Gasteiger partial charge on any atom is -0.343 e. The van der Waals surface area contributed by atoms with Gasteiger partial charge in [-0.25, -0.2) is 0 Å². The van der Waals surface area contributed by atoms with Gasteiger partial charge in [0.1, 0.15) is 0 Å². The van der Waals surface area contributed by atoms with E-state index in [-0.39, 0.29) is 11.4 Å². The Morgan fingerprint density at radius 3 is 2.59 bits per heavy atom. The Kier molecular flexibility index (Phi) is 5.04. The Bertz CT molecular complexity index is 777. The van der Waals surface area contributed by atoms with Gasteiger partial charge in [-0.3, -0.25) is 14.4 Å². The van der Waals surface area contributed by atoms with Crippen LogP contribution in [0.4, 0.5) is 0 Å². The quantitative estimate of drug-likeness (QED) is 0.836. The van der Waals surface area contributed by atoms with Gasteiger partial charge in [-0.2, -0.15) is 5.10 Å². The number of nitrogens with zero attached hydrogens (tertiary/aromatic N) is 4. The van der Waals surface area contributed by atoms with E-state index in [0.717, 1.165) is 44.5 Å². The lowest BCUT2D eigenvalue weighted by Crippen LogP contribution is -2.52. The smallest absolute Gasteiger partial charge is 0.222 e. The summed E-state index contributed by atoms with van der Waals surface area (Å²) in [5.74, 6) is 0.901. The number of carbonyl (C=O) groups is 1.